The molecule has 0 aromatic heterocycles. The van der Waals surface area contributed by atoms with Crippen molar-refractivity contribution in [3.63, 3.8) is 0 Å². The number of carbonyl (C=O) groups is 2. The Kier molecular flexibility index (Phi) is 6.92. The van der Waals surface area contributed by atoms with Gasteiger partial charge in [-0.3, -0.25) is 0 Å². The van der Waals surface area contributed by atoms with Crippen LogP contribution in [0.25, 0.3) is 0 Å². The topological polar surface area (TPSA) is 105 Å². The van der Waals surface area contributed by atoms with Gasteiger partial charge in [0.05, 0.1) is 0 Å². The lowest BCUT2D eigenvalue weighted by atomic mass is 10.1. The van der Waals surface area contributed by atoms with E-state index in [4.69, 9.17) is 29.3 Å². The molecule has 1 aliphatic heterocycles. The van der Waals surface area contributed by atoms with E-state index in [0.717, 1.165) is 42.1 Å². The highest BCUT2D eigenvalue weighted by Gasteiger charge is 2.12. The van der Waals surface area contributed by atoms with Gasteiger partial charge in [0, 0.05) is 6.54 Å². The summed E-state index contributed by atoms with van der Waals surface area (Å²) in [6.45, 7) is 1.93. The second-order valence-corrected chi connectivity index (χ2v) is 5.35. The molecule has 0 aliphatic carbocycles. The van der Waals surface area contributed by atoms with E-state index in [1.807, 2.05) is 30.3 Å². The molecule has 0 amide bonds. The van der Waals surface area contributed by atoms with Crippen LogP contribution in [-0.2, 0) is 22.6 Å². The van der Waals surface area contributed by atoms with Crippen molar-refractivity contribution in [2.75, 3.05) is 13.3 Å². The highest BCUT2D eigenvalue weighted by atomic mass is 19.1. The standard InChI is InChI=1S/C16H16FNO2.C2H2O4/c17-14-4-1-12(2-5-14)7-8-18-10-13-3-6-15-16(9-13)20-11-19-15;3-1(4)2(5)6/h1-6,9,18H,7-8,10-11H2;(H,3,4)(H,5,6). The number of carboxylic acids is 2. The molecule has 0 fully saturated rings. The Labute approximate surface area is 149 Å². The number of aliphatic carboxylic acids is 2. The molecule has 8 heteroatoms. The van der Waals surface area contributed by atoms with Crippen LogP contribution < -0.4 is 14.8 Å². The van der Waals surface area contributed by atoms with Crippen molar-refractivity contribution in [3.8, 4) is 11.5 Å². The molecule has 26 heavy (non-hydrogen) atoms. The van der Waals surface area contributed by atoms with Crippen LogP contribution in [0.2, 0.25) is 0 Å². The van der Waals surface area contributed by atoms with E-state index in [9.17, 15) is 4.39 Å². The van der Waals surface area contributed by atoms with E-state index in [1.165, 1.54) is 12.1 Å². The molecule has 7 nitrogen and oxygen atoms in total. The third kappa shape index (κ3) is 6.06. The minimum atomic E-state index is -1.82. The molecule has 0 radical (unpaired) electrons. The Balaban J connectivity index is 0.000000352. The van der Waals surface area contributed by atoms with Gasteiger partial charge >= 0.3 is 11.9 Å². The van der Waals surface area contributed by atoms with Gasteiger partial charge in [-0.2, -0.15) is 0 Å². The summed E-state index contributed by atoms with van der Waals surface area (Å²) in [6, 6.07) is 12.6. The smallest absolute Gasteiger partial charge is 0.414 e. The summed E-state index contributed by atoms with van der Waals surface area (Å²) >= 11 is 0. The van der Waals surface area contributed by atoms with Crippen LogP contribution in [0.3, 0.4) is 0 Å². The van der Waals surface area contributed by atoms with E-state index in [2.05, 4.69) is 5.32 Å². The number of rotatable bonds is 5. The second-order valence-electron chi connectivity index (χ2n) is 5.35. The van der Waals surface area contributed by atoms with Gasteiger partial charge in [0.25, 0.3) is 0 Å². The maximum atomic E-state index is 12.8. The molecule has 2 aromatic rings. The first-order valence-corrected chi connectivity index (χ1v) is 7.75. The summed E-state index contributed by atoms with van der Waals surface area (Å²) in [5, 5.41) is 18.1. The fourth-order valence-corrected chi connectivity index (χ4v) is 2.17. The molecule has 138 valence electrons. The number of ether oxygens (including phenoxy) is 2. The lowest BCUT2D eigenvalue weighted by molar-refractivity contribution is -0.159. The zero-order chi connectivity index (χ0) is 18.9. The van der Waals surface area contributed by atoms with Crippen molar-refractivity contribution in [2.45, 2.75) is 13.0 Å². The van der Waals surface area contributed by atoms with Gasteiger partial charge in [-0.05, 0) is 48.4 Å². The van der Waals surface area contributed by atoms with E-state index >= 15 is 0 Å². The Bertz CT molecular complexity index is 751. The molecule has 1 aliphatic rings. The fourth-order valence-electron chi connectivity index (χ4n) is 2.17. The number of halogens is 1. The highest BCUT2D eigenvalue weighted by molar-refractivity contribution is 6.27. The molecule has 0 spiro atoms. The van der Waals surface area contributed by atoms with Crippen LogP contribution in [0, 0.1) is 5.82 Å². The number of benzene rings is 2. The second kappa shape index (κ2) is 9.38. The Morgan fingerprint density at radius 3 is 2.23 bits per heavy atom. The highest BCUT2D eigenvalue weighted by Crippen LogP contribution is 2.32. The molecular formula is C18H18FNO6. The van der Waals surface area contributed by atoms with Gasteiger partial charge in [-0.15, -0.1) is 0 Å². The molecule has 0 saturated carbocycles. The Morgan fingerprint density at radius 1 is 0.962 bits per heavy atom. The molecule has 1 heterocycles. The van der Waals surface area contributed by atoms with Crippen LogP contribution >= 0.6 is 0 Å². The van der Waals surface area contributed by atoms with Crippen molar-refractivity contribution < 1.29 is 33.7 Å². The molecule has 0 saturated heterocycles. The first kappa shape index (κ1) is 19.2. The molecule has 3 rings (SSSR count). The molecule has 3 N–H and O–H groups in total. The van der Waals surface area contributed by atoms with E-state index in [1.54, 1.807) is 0 Å². The third-order valence-electron chi connectivity index (χ3n) is 3.45. The first-order chi connectivity index (χ1) is 12.5. The lowest BCUT2D eigenvalue weighted by Gasteiger charge is -2.06. The number of nitrogens with one attached hydrogen (secondary N) is 1. The van der Waals surface area contributed by atoms with Gasteiger partial charge in [0.15, 0.2) is 11.5 Å². The van der Waals surface area contributed by atoms with Crippen LogP contribution in [0.5, 0.6) is 11.5 Å². The summed E-state index contributed by atoms with van der Waals surface area (Å²) < 4.78 is 23.4. The van der Waals surface area contributed by atoms with E-state index in [0.29, 0.717) is 6.79 Å². The largest absolute Gasteiger partial charge is 0.473 e. The summed E-state index contributed by atoms with van der Waals surface area (Å²) in [6.07, 6.45) is 0.880. The van der Waals surface area contributed by atoms with Crippen molar-refractivity contribution in [2.24, 2.45) is 0 Å². The molecule has 2 aromatic carbocycles. The molecule has 0 unspecified atom stereocenters. The predicted molar refractivity (Wildman–Crippen MR) is 89.6 cm³/mol. The first-order valence-electron chi connectivity index (χ1n) is 7.75. The fraction of sp³-hybridized carbons (Fsp3) is 0.222. The lowest BCUT2D eigenvalue weighted by Crippen LogP contribution is -2.16. The third-order valence-corrected chi connectivity index (χ3v) is 3.45. The van der Waals surface area contributed by atoms with Crippen LogP contribution in [0.1, 0.15) is 11.1 Å². The van der Waals surface area contributed by atoms with Crippen LogP contribution in [-0.4, -0.2) is 35.5 Å². The normalized spacial score (nSPS) is 11.4. The number of fused-ring (bicyclic) bond motifs is 1. The summed E-state index contributed by atoms with van der Waals surface area (Å²) in [5.41, 5.74) is 2.29. The van der Waals surface area contributed by atoms with Crippen LogP contribution in [0.4, 0.5) is 4.39 Å². The predicted octanol–water partition coefficient (Wildman–Crippen LogP) is 2.04. The average Bonchev–Trinajstić information content (AvgIpc) is 3.08. The summed E-state index contributed by atoms with van der Waals surface area (Å²) in [7, 11) is 0. The number of carboxylic acid groups (broad SMARTS) is 2. The van der Waals surface area contributed by atoms with Gasteiger partial charge in [0.1, 0.15) is 5.82 Å². The maximum Gasteiger partial charge on any atom is 0.414 e. The van der Waals surface area contributed by atoms with E-state index in [-0.39, 0.29) is 5.82 Å². The Hall–Kier alpha value is -3.13. The van der Waals surface area contributed by atoms with Crippen molar-refractivity contribution >= 4 is 11.9 Å². The van der Waals surface area contributed by atoms with Crippen molar-refractivity contribution in [1.29, 1.82) is 0 Å². The number of hydrogen-bond acceptors (Lipinski definition) is 5. The molecular weight excluding hydrogens is 345 g/mol. The Morgan fingerprint density at radius 2 is 1.58 bits per heavy atom. The maximum absolute atomic E-state index is 12.8. The monoisotopic (exact) mass is 363 g/mol. The molecule has 0 atom stereocenters. The van der Waals surface area contributed by atoms with Gasteiger partial charge < -0.3 is 25.0 Å². The number of hydrogen-bond donors (Lipinski definition) is 3. The van der Waals surface area contributed by atoms with Crippen LogP contribution in [0.15, 0.2) is 42.5 Å². The van der Waals surface area contributed by atoms with Gasteiger partial charge in [-0.25, -0.2) is 14.0 Å². The van der Waals surface area contributed by atoms with Crippen molar-refractivity contribution in [3.05, 3.63) is 59.4 Å². The minimum absolute atomic E-state index is 0.193. The zero-order valence-electron chi connectivity index (χ0n) is 13.8. The summed E-state index contributed by atoms with van der Waals surface area (Å²) in [4.78, 5) is 18.2. The van der Waals surface area contributed by atoms with Gasteiger partial charge in [-0.1, -0.05) is 18.2 Å². The average molecular weight is 363 g/mol. The SMILES string of the molecule is Fc1ccc(CCNCc2ccc3c(c2)OCO3)cc1.O=C(O)C(=O)O. The zero-order valence-corrected chi connectivity index (χ0v) is 13.8. The van der Waals surface area contributed by atoms with Gasteiger partial charge in [0.2, 0.25) is 6.79 Å². The summed E-state index contributed by atoms with van der Waals surface area (Å²) in [5.74, 6) is -2.23. The van der Waals surface area contributed by atoms with E-state index < -0.39 is 11.9 Å². The minimum Gasteiger partial charge on any atom is -0.473 e. The quantitative estimate of drug-likeness (QED) is 0.551. The molecule has 0 bridgehead atoms. The van der Waals surface area contributed by atoms with Crippen molar-refractivity contribution in [1.82, 2.24) is 5.32 Å².